The Kier molecular flexibility index (Phi) is 2.23. The highest BCUT2D eigenvalue weighted by molar-refractivity contribution is 5.72. The van der Waals surface area contributed by atoms with Crippen LogP contribution in [0.3, 0.4) is 0 Å². The van der Waals surface area contributed by atoms with Crippen molar-refractivity contribution in [3.05, 3.63) is 11.6 Å². The van der Waals surface area contributed by atoms with E-state index in [1.165, 1.54) is 0 Å². The van der Waals surface area contributed by atoms with Gasteiger partial charge in [0.25, 0.3) is 0 Å². The molecule has 0 radical (unpaired) electrons. The van der Waals surface area contributed by atoms with Gasteiger partial charge >= 0.3 is 5.97 Å². The molecule has 2 atom stereocenters. The van der Waals surface area contributed by atoms with Gasteiger partial charge in [0.1, 0.15) is 5.82 Å². The number of H-pyrrole nitrogens is 1. The molecule has 1 saturated carbocycles. The maximum atomic E-state index is 10.8. The number of aryl methyl sites for hydroxylation is 1. The van der Waals surface area contributed by atoms with E-state index in [9.17, 15) is 4.79 Å². The second-order valence-corrected chi connectivity index (χ2v) is 3.62. The summed E-state index contributed by atoms with van der Waals surface area (Å²) in [6.45, 7) is 1.99. The molecule has 14 heavy (non-hydrogen) atoms. The predicted molar refractivity (Wildman–Crippen MR) is 48.9 cm³/mol. The number of nitrogens with zero attached hydrogens (tertiary/aromatic N) is 2. The first-order chi connectivity index (χ1) is 6.72. The molecule has 0 aromatic carbocycles. The summed E-state index contributed by atoms with van der Waals surface area (Å²) in [6.07, 6.45) is 2.44. The van der Waals surface area contributed by atoms with Crippen LogP contribution in [0.4, 0.5) is 0 Å². The Balaban J connectivity index is 2.12. The zero-order chi connectivity index (χ0) is 10.1. The summed E-state index contributed by atoms with van der Waals surface area (Å²) in [5.74, 6) is 0.500. The lowest BCUT2D eigenvalue weighted by atomic mass is 9.73. The maximum absolute atomic E-state index is 10.8. The van der Waals surface area contributed by atoms with Gasteiger partial charge in [0.2, 0.25) is 0 Å². The second-order valence-electron chi connectivity index (χ2n) is 3.62. The van der Waals surface area contributed by atoms with Crippen LogP contribution in [0.15, 0.2) is 0 Å². The number of carboxylic acids is 1. The predicted octanol–water partition coefficient (Wildman–Crippen LogP) is 0.945. The van der Waals surface area contributed by atoms with E-state index in [0.717, 1.165) is 25.1 Å². The molecule has 1 aromatic rings. The van der Waals surface area contributed by atoms with Crippen LogP contribution in [-0.4, -0.2) is 26.3 Å². The number of aliphatic carboxylic acids is 1. The van der Waals surface area contributed by atoms with Crippen molar-refractivity contribution in [3.63, 3.8) is 0 Å². The molecule has 2 unspecified atom stereocenters. The molecule has 0 aliphatic heterocycles. The average Bonchev–Trinajstić information content (AvgIpc) is 2.49. The number of rotatable bonds is 3. The van der Waals surface area contributed by atoms with E-state index in [1.807, 2.05) is 6.92 Å². The minimum Gasteiger partial charge on any atom is -0.481 e. The van der Waals surface area contributed by atoms with E-state index < -0.39 is 5.97 Å². The minimum atomic E-state index is -0.732. The molecule has 1 aliphatic carbocycles. The Hall–Kier alpha value is -1.39. The molecule has 5 nitrogen and oxygen atoms in total. The van der Waals surface area contributed by atoms with Crippen molar-refractivity contribution >= 4 is 5.97 Å². The van der Waals surface area contributed by atoms with Crippen molar-refractivity contribution < 1.29 is 9.90 Å². The molecule has 0 amide bonds. The monoisotopic (exact) mass is 195 g/mol. The Morgan fingerprint density at radius 2 is 2.43 bits per heavy atom. The Morgan fingerprint density at radius 1 is 1.64 bits per heavy atom. The highest BCUT2D eigenvalue weighted by Gasteiger charge is 2.39. The lowest BCUT2D eigenvalue weighted by molar-refractivity contribution is -0.145. The van der Waals surface area contributed by atoms with E-state index in [0.29, 0.717) is 5.82 Å². The number of aromatic nitrogens is 3. The second kappa shape index (κ2) is 3.40. The van der Waals surface area contributed by atoms with Crippen LogP contribution in [0, 0.1) is 5.92 Å². The Bertz CT molecular complexity index is 348. The van der Waals surface area contributed by atoms with Crippen LogP contribution in [0.5, 0.6) is 0 Å². The first kappa shape index (κ1) is 9.18. The number of aromatic amines is 1. The fraction of sp³-hybridized carbons (Fsp3) is 0.667. The molecule has 0 saturated heterocycles. The largest absolute Gasteiger partial charge is 0.481 e. The van der Waals surface area contributed by atoms with Gasteiger partial charge in [-0.1, -0.05) is 6.92 Å². The quantitative estimate of drug-likeness (QED) is 0.752. The maximum Gasteiger partial charge on any atom is 0.307 e. The third-order valence-electron chi connectivity index (χ3n) is 2.81. The topological polar surface area (TPSA) is 78.9 Å². The van der Waals surface area contributed by atoms with Crippen LogP contribution >= 0.6 is 0 Å². The van der Waals surface area contributed by atoms with Gasteiger partial charge in [-0.2, -0.15) is 5.10 Å². The third kappa shape index (κ3) is 1.38. The zero-order valence-electron chi connectivity index (χ0n) is 8.03. The van der Waals surface area contributed by atoms with Crippen LogP contribution < -0.4 is 0 Å². The fourth-order valence-corrected chi connectivity index (χ4v) is 1.74. The molecule has 0 spiro atoms. The van der Waals surface area contributed by atoms with Crippen LogP contribution in [0.1, 0.15) is 37.3 Å². The number of carbonyl (C=O) groups is 1. The van der Waals surface area contributed by atoms with Gasteiger partial charge in [-0.3, -0.25) is 9.89 Å². The molecular weight excluding hydrogens is 182 g/mol. The van der Waals surface area contributed by atoms with Crippen LogP contribution in [-0.2, 0) is 11.2 Å². The average molecular weight is 195 g/mol. The van der Waals surface area contributed by atoms with Crippen LogP contribution in [0.25, 0.3) is 0 Å². The molecule has 1 heterocycles. The number of nitrogens with one attached hydrogen (secondary N) is 1. The van der Waals surface area contributed by atoms with Crippen molar-refractivity contribution in [3.8, 4) is 0 Å². The Morgan fingerprint density at radius 3 is 2.86 bits per heavy atom. The summed E-state index contributed by atoms with van der Waals surface area (Å²) in [7, 11) is 0. The van der Waals surface area contributed by atoms with E-state index in [-0.39, 0.29) is 11.8 Å². The highest BCUT2D eigenvalue weighted by Crippen LogP contribution is 2.40. The number of hydrogen-bond donors (Lipinski definition) is 2. The SMILES string of the molecule is CCc1nc(C2CCC2C(=O)O)n[nH]1. The summed E-state index contributed by atoms with van der Waals surface area (Å²) in [5.41, 5.74) is 0. The summed E-state index contributed by atoms with van der Waals surface area (Å²) < 4.78 is 0. The van der Waals surface area contributed by atoms with Crippen molar-refractivity contribution in [1.29, 1.82) is 0 Å². The zero-order valence-corrected chi connectivity index (χ0v) is 8.03. The summed E-state index contributed by atoms with van der Waals surface area (Å²) >= 11 is 0. The first-order valence-electron chi connectivity index (χ1n) is 4.86. The van der Waals surface area contributed by atoms with Gasteiger partial charge in [0.05, 0.1) is 5.92 Å². The smallest absolute Gasteiger partial charge is 0.307 e. The molecule has 1 aliphatic rings. The molecular formula is C9H13N3O2. The third-order valence-corrected chi connectivity index (χ3v) is 2.81. The molecule has 2 rings (SSSR count). The standard InChI is InChI=1S/C9H13N3O2/c1-2-7-10-8(12-11-7)5-3-4-6(5)9(13)14/h5-6H,2-4H2,1H3,(H,13,14)(H,10,11,12). The number of hydrogen-bond acceptors (Lipinski definition) is 3. The van der Waals surface area contributed by atoms with E-state index in [1.54, 1.807) is 0 Å². The van der Waals surface area contributed by atoms with Crippen molar-refractivity contribution in [1.82, 2.24) is 15.2 Å². The van der Waals surface area contributed by atoms with E-state index in [4.69, 9.17) is 5.11 Å². The molecule has 0 bridgehead atoms. The van der Waals surface area contributed by atoms with Crippen molar-refractivity contribution in [2.24, 2.45) is 5.92 Å². The lowest BCUT2D eigenvalue weighted by Crippen LogP contribution is -2.31. The summed E-state index contributed by atoms with van der Waals surface area (Å²) in [4.78, 5) is 15.0. The Labute approximate surface area is 81.6 Å². The molecule has 1 aromatic heterocycles. The van der Waals surface area contributed by atoms with Gasteiger partial charge in [-0.05, 0) is 12.8 Å². The lowest BCUT2D eigenvalue weighted by Gasteiger charge is -2.30. The fourth-order valence-electron chi connectivity index (χ4n) is 1.74. The van der Waals surface area contributed by atoms with Crippen molar-refractivity contribution in [2.75, 3.05) is 0 Å². The summed E-state index contributed by atoms with van der Waals surface area (Å²) in [6, 6.07) is 0. The van der Waals surface area contributed by atoms with Gasteiger partial charge in [0.15, 0.2) is 5.82 Å². The molecule has 5 heteroatoms. The van der Waals surface area contributed by atoms with E-state index >= 15 is 0 Å². The van der Waals surface area contributed by atoms with Gasteiger partial charge in [0, 0.05) is 12.3 Å². The minimum absolute atomic E-state index is 0.0176. The van der Waals surface area contributed by atoms with Crippen LogP contribution in [0.2, 0.25) is 0 Å². The summed E-state index contributed by atoms with van der Waals surface area (Å²) in [5, 5.41) is 15.7. The van der Waals surface area contributed by atoms with Gasteiger partial charge in [-0.15, -0.1) is 0 Å². The highest BCUT2D eigenvalue weighted by atomic mass is 16.4. The van der Waals surface area contributed by atoms with Gasteiger partial charge in [-0.25, -0.2) is 4.98 Å². The molecule has 1 fully saturated rings. The normalized spacial score (nSPS) is 25.8. The van der Waals surface area contributed by atoms with E-state index in [2.05, 4.69) is 15.2 Å². The van der Waals surface area contributed by atoms with Crippen molar-refractivity contribution in [2.45, 2.75) is 32.1 Å². The van der Waals surface area contributed by atoms with Gasteiger partial charge < -0.3 is 5.11 Å². The first-order valence-corrected chi connectivity index (χ1v) is 4.86. The number of carboxylic acid groups (broad SMARTS) is 1. The molecule has 76 valence electrons. The molecule has 2 N–H and O–H groups in total.